The third-order valence-corrected chi connectivity index (χ3v) is 6.06. The summed E-state index contributed by atoms with van der Waals surface area (Å²) >= 11 is 1.21. The van der Waals surface area contributed by atoms with Gasteiger partial charge in [-0.1, -0.05) is 25.1 Å². The van der Waals surface area contributed by atoms with Crippen molar-refractivity contribution >= 4 is 29.8 Å². The van der Waals surface area contributed by atoms with E-state index in [2.05, 4.69) is 11.6 Å². The number of carbonyl (C=O) groups is 3. The lowest BCUT2D eigenvalue weighted by molar-refractivity contribution is -0.132. The van der Waals surface area contributed by atoms with Crippen molar-refractivity contribution < 1.29 is 32.3 Å². The SMILES string of the molecule is CCc1ccc(SNC(=O)N2CCOC(Cc3ccc(C(=O)NNC(=O)C(F)F)cc3F)C2)cc1. The van der Waals surface area contributed by atoms with Gasteiger partial charge in [0, 0.05) is 30.0 Å². The Labute approximate surface area is 204 Å². The van der Waals surface area contributed by atoms with Crippen LogP contribution in [0.3, 0.4) is 0 Å². The zero-order valence-electron chi connectivity index (χ0n) is 18.9. The van der Waals surface area contributed by atoms with Gasteiger partial charge in [0.15, 0.2) is 0 Å². The van der Waals surface area contributed by atoms with Gasteiger partial charge in [-0.3, -0.25) is 25.2 Å². The summed E-state index contributed by atoms with van der Waals surface area (Å²) in [6.07, 6.45) is -2.66. The average Bonchev–Trinajstić information content (AvgIpc) is 2.87. The molecule has 1 aliphatic rings. The Morgan fingerprint density at radius 2 is 1.89 bits per heavy atom. The summed E-state index contributed by atoms with van der Waals surface area (Å²) in [4.78, 5) is 37.8. The zero-order chi connectivity index (χ0) is 25.4. The quantitative estimate of drug-likeness (QED) is 0.393. The van der Waals surface area contributed by atoms with Gasteiger partial charge in [0.1, 0.15) is 5.82 Å². The Morgan fingerprint density at radius 1 is 1.14 bits per heavy atom. The van der Waals surface area contributed by atoms with Crippen LogP contribution in [0.2, 0.25) is 0 Å². The molecule has 1 aliphatic heterocycles. The number of morpholine rings is 1. The lowest BCUT2D eigenvalue weighted by atomic mass is 10.0. The molecule has 8 nitrogen and oxygen atoms in total. The van der Waals surface area contributed by atoms with Gasteiger partial charge < -0.3 is 9.64 Å². The molecule has 0 aliphatic carbocycles. The van der Waals surface area contributed by atoms with Gasteiger partial charge in [0.25, 0.3) is 5.91 Å². The van der Waals surface area contributed by atoms with Gasteiger partial charge in [0.05, 0.1) is 12.7 Å². The monoisotopic (exact) mass is 510 g/mol. The van der Waals surface area contributed by atoms with Crippen LogP contribution in [-0.2, 0) is 22.4 Å². The fraction of sp³-hybridized carbons (Fsp3) is 0.348. The highest BCUT2D eigenvalue weighted by atomic mass is 32.2. The van der Waals surface area contributed by atoms with E-state index in [-0.39, 0.29) is 30.1 Å². The molecule has 1 unspecified atom stereocenters. The first-order valence-electron chi connectivity index (χ1n) is 10.9. The number of hydrogen-bond acceptors (Lipinski definition) is 5. The van der Waals surface area contributed by atoms with E-state index in [4.69, 9.17) is 4.74 Å². The van der Waals surface area contributed by atoms with E-state index < -0.39 is 30.2 Å². The molecule has 0 radical (unpaired) electrons. The number of hydrogen-bond donors (Lipinski definition) is 3. The van der Waals surface area contributed by atoms with Crippen LogP contribution in [0.15, 0.2) is 47.4 Å². The summed E-state index contributed by atoms with van der Waals surface area (Å²) < 4.78 is 47.4. The number of halogens is 3. The number of nitrogens with one attached hydrogen (secondary N) is 3. The molecule has 1 atom stereocenters. The maximum atomic E-state index is 14.6. The van der Waals surface area contributed by atoms with Crippen molar-refractivity contribution in [2.75, 3.05) is 19.7 Å². The first-order chi connectivity index (χ1) is 16.8. The largest absolute Gasteiger partial charge is 0.374 e. The van der Waals surface area contributed by atoms with E-state index >= 15 is 0 Å². The normalized spacial score (nSPS) is 15.6. The molecule has 3 rings (SSSR count). The van der Waals surface area contributed by atoms with E-state index in [0.717, 1.165) is 17.4 Å². The standard InChI is InChI=1S/C23H25F3N4O4S/c1-2-14-3-7-18(8-4-14)35-29-23(33)30-9-10-34-17(13-30)11-15-5-6-16(12-19(15)24)21(31)27-28-22(32)20(25)26/h3-8,12,17,20H,2,9-11,13H2,1H3,(H,27,31)(H,28,32)(H,29,33). The van der Waals surface area contributed by atoms with Gasteiger partial charge in [-0.25, -0.2) is 9.18 Å². The van der Waals surface area contributed by atoms with E-state index in [1.165, 1.54) is 29.6 Å². The second-order valence-electron chi connectivity index (χ2n) is 7.70. The van der Waals surface area contributed by atoms with Crippen molar-refractivity contribution in [1.82, 2.24) is 20.5 Å². The fourth-order valence-corrected chi connectivity index (χ4v) is 3.94. The molecule has 1 heterocycles. The number of aryl methyl sites for hydroxylation is 1. The minimum absolute atomic E-state index is 0.157. The number of urea groups is 1. The van der Waals surface area contributed by atoms with Gasteiger partial charge in [-0.05, 0) is 53.8 Å². The van der Waals surface area contributed by atoms with Gasteiger partial charge in [-0.2, -0.15) is 8.78 Å². The molecule has 1 fully saturated rings. The molecule has 4 amide bonds. The summed E-state index contributed by atoms with van der Waals surface area (Å²) in [5.74, 6) is -3.32. The lowest BCUT2D eigenvalue weighted by Crippen LogP contribution is -2.49. The van der Waals surface area contributed by atoms with Crippen molar-refractivity contribution in [2.24, 2.45) is 0 Å². The predicted octanol–water partition coefficient (Wildman–Crippen LogP) is 3.07. The Balaban J connectivity index is 1.51. The number of ether oxygens (including phenoxy) is 1. The van der Waals surface area contributed by atoms with E-state index in [9.17, 15) is 27.6 Å². The van der Waals surface area contributed by atoms with Crippen molar-refractivity contribution in [3.63, 3.8) is 0 Å². The number of nitrogens with zero attached hydrogens (tertiary/aromatic N) is 1. The summed E-state index contributed by atoms with van der Waals surface area (Å²) in [7, 11) is 0. The van der Waals surface area contributed by atoms with Crippen LogP contribution in [0.25, 0.3) is 0 Å². The summed E-state index contributed by atoms with van der Waals surface area (Å²) in [6.45, 7) is 3.00. The van der Waals surface area contributed by atoms with Crippen molar-refractivity contribution in [3.8, 4) is 0 Å². The highest BCUT2D eigenvalue weighted by Gasteiger charge is 2.26. The fourth-order valence-electron chi connectivity index (χ4n) is 3.33. The Kier molecular flexibility index (Phi) is 9.38. The van der Waals surface area contributed by atoms with E-state index in [0.29, 0.717) is 13.2 Å². The highest BCUT2D eigenvalue weighted by molar-refractivity contribution is 7.98. The highest BCUT2D eigenvalue weighted by Crippen LogP contribution is 2.19. The van der Waals surface area contributed by atoms with Crippen LogP contribution < -0.4 is 15.6 Å². The molecular weight excluding hydrogens is 485 g/mol. The molecule has 35 heavy (non-hydrogen) atoms. The zero-order valence-corrected chi connectivity index (χ0v) is 19.7. The van der Waals surface area contributed by atoms with Crippen molar-refractivity contribution in [1.29, 1.82) is 0 Å². The molecule has 188 valence electrons. The molecule has 2 aromatic carbocycles. The number of amides is 4. The minimum atomic E-state index is -3.29. The first kappa shape index (κ1) is 26.4. The molecule has 0 aromatic heterocycles. The molecule has 3 N–H and O–H groups in total. The summed E-state index contributed by atoms with van der Waals surface area (Å²) in [6, 6.07) is 11.2. The van der Waals surface area contributed by atoms with Gasteiger partial charge >= 0.3 is 18.4 Å². The predicted molar refractivity (Wildman–Crippen MR) is 123 cm³/mol. The lowest BCUT2D eigenvalue weighted by Gasteiger charge is -2.33. The van der Waals surface area contributed by atoms with Crippen molar-refractivity contribution in [3.05, 3.63) is 65.0 Å². The van der Waals surface area contributed by atoms with Crippen LogP contribution in [0, 0.1) is 5.82 Å². The van der Waals surface area contributed by atoms with Crippen LogP contribution in [0.4, 0.5) is 18.0 Å². The molecular formula is C23H25F3N4O4S. The van der Waals surface area contributed by atoms with Gasteiger partial charge in [-0.15, -0.1) is 0 Å². The van der Waals surface area contributed by atoms with Crippen LogP contribution in [-0.4, -0.2) is 55.0 Å². The number of rotatable bonds is 7. The molecule has 1 saturated heterocycles. The second kappa shape index (κ2) is 12.5. The maximum Gasteiger partial charge on any atom is 0.327 e. The Bertz CT molecular complexity index is 1060. The molecule has 12 heteroatoms. The molecule has 0 bridgehead atoms. The number of hydrazine groups is 1. The Hall–Kier alpha value is -3.25. The van der Waals surface area contributed by atoms with Crippen LogP contribution >= 0.6 is 11.9 Å². The second-order valence-corrected chi connectivity index (χ2v) is 8.58. The third kappa shape index (κ3) is 7.62. The van der Waals surface area contributed by atoms with Crippen LogP contribution in [0.1, 0.15) is 28.4 Å². The van der Waals surface area contributed by atoms with Crippen LogP contribution in [0.5, 0.6) is 0 Å². The first-order valence-corrected chi connectivity index (χ1v) is 11.7. The topological polar surface area (TPSA) is 99.8 Å². The number of benzene rings is 2. The average molecular weight is 511 g/mol. The summed E-state index contributed by atoms with van der Waals surface area (Å²) in [5, 5.41) is 0. The Morgan fingerprint density at radius 3 is 2.54 bits per heavy atom. The molecule has 0 spiro atoms. The minimum Gasteiger partial charge on any atom is -0.374 e. The van der Waals surface area contributed by atoms with Gasteiger partial charge in [0.2, 0.25) is 0 Å². The smallest absolute Gasteiger partial charge is 0.327 e. The maximum absolute atomic E-state index is 14.6. The van der Waals surface area contributed by atoms with E-state index in [1.54, 1.807) is 15.8 Å². The number of carbonyl (C=O) groups excluding carboxylic acids is 3. The van der Waals surface area contributed by atoms with Crippen molar-refractivity contribution in [2.45, 2.75) is 37.2 Å². The number of alkyl halides is 2. The molecule has 0 saturated carbocycles. The molecule has 2 aromatic rings. The summed E-state index contributed by atoms with van der Waals surface area (Å²) in [5.41, 5.74) is 4.65. The van der Waals surface area contributed by atoms with E-state index in [1.807, 2.05) is 24.3 Å². The third-order valence-electron chi connectivity index (χ3n) is 5.27.